The molecule has 0 spiro atoms. The predicted molar refractivity (Wildman–Crippen MR) is 78.4 cm³/mol. The molecule has 0 atom stereocenters. The standard InChI is InChI=1S/C13H20N2O2S/c1-10-9-11(5-6-12(10)17-3)15-13(18)14-7-4-8-16-2/h5-6,9H,4,7-8H2,1-3H3,(H2,14,15,18). The molecule has 2 N–H and O–H groups in total. The van der Waals surface area contributed by atoms with Crippen LogP contribution in [0.15, 0.2) is 18.2 Å². The van der Waals surface area contributed by atoms with Crippen LogP contribution in [0.5, 0.6) is 5.75 Å². The van der Waals surface area contributed by atoms with Crippen LogP contribution in [-0.4, -0.2) is 32.5 Å². The summed E-state index contributed by atoms with van der Waals surface area (Å²) in [5, 5.41) is 6.88. The summed E-state index contributed by atoms with van der Waals surface area (Å²) in [4.78, 5) is 0. The Morgan fingerprint density at radius 3 is 2.72 bits per heavy atom. The average Bonchev–Trinajstić information content (AvgIpc) is 2.35. The molecule has 1 aromatic carbocycles. The van der Waals surface area contributed by atoms with E-state index >= 15 is 0 Å². The molecule has 0 aromatic heterocycles. The van der Waals surface area contributed by atoms with Crippen molar-refractivity contribution in [2.24, 2.45) is 0 Å². The summed E-state index contributed by atoms with van der Waals surface area (Å²) in [5.41, 5.74) is 2.03. The van der Waals surface area contributed by atoms with Crippen molar-refractivity contribution in [3.8, 4) is 5.75 Å². The molecule has 18 heavy (non-hydrogen) atoms. The van der Waals surface area contributed by atoms with Gasteiger partial charge in [-0.25, -0.2) is 0 Å². The molecule has 0 heterocycles. The highest BCUT2D eigenvalue weighted by molar-refractivity contribution is 7.80. The van der Waals surface area contributed by atoms with E-state index in [-0.39, 0.29) is 0 Å². The van der Waals surface area contributed by atoms with Crippen LogP contribution in [-0.2, 0) is 4.74 Å². The third kappa shape index (κ3) is 4.89. The van der Waals surface area contributed by atoms with Crippen LogP contribution in [0, 0.1) is 6.92 Å². The van der Waals surface area contributed by atoms with Crippen molar-refractivity contribution in [1.82, 2.24) is 5.32 Å². The highest BCUT2D eigenvalue weighted by atomic mass is 32.1. The van der Waals surface area contributed by atoms with Crippen molar-refractivity contribution in [2.75, 3.05) is 32.7 Å². The van der Waals surface area contributed by atoms with Crippen molar-refractivity contribution in [3.05, 3.63) is 23.8 Å². The van der Waals surface area contributed by atoms with Gasteiger partial charge in [-0.15, -0.1) is 0 Å². The molecule has 0 amide bonds. The van der Waals surface area contributed by atoms with Gasteiger partial charge in [-0.1, -0.05) is 0 Å². The summed E-state index contributed by atoms with van der Waals surface area (Å²) >= 11 is 5.20. The largest absolute Gasteiger partial charge is 0.496 e. The summed E-state index contributed by atoms with van der Waals surface area (Å²) in [5.74, 6) is 0.875. The van der Waals surface area contributed by atoms with E-state index < -0.39 is 0 Å². The Bertz CT molecular complexity index is 397. The first-order chi connectivity index (χ1) is 8.67. The number of ether oxygens (including phenoxy) is 2. The molecule has 0 saturated heterocycles. The first kappa shape index (κ1) is 14.7. The molecule has 1 rings (SSSR count). The van der Waals surface area contributed by atoms with Gasteiger partial charge in [0.25, 0.3) is 0 Å². The van der Waals surface area contributed by atoms with Crippen molar-refractivity contribution < 1.29 is 9.47 Å². The molecule has 1 aromatic rings. The van der Waals surface area contributed by atoms with E-state index in [1.807, 2.05) is 25.1 Å². The molecule has 0 aliphatic heterocycles. The number of aryl methyl sites for hydroxylation is 1. The Morgan fingerprint density at radius 1 is 1.33 bits per heavy atom. The van der Waals surface area contributed by atoms with Crippen molar-refractivity contribution in [2.45, 2.75) is 13.3 Å². The lowest BCUT2D eigenvalue weighted by Gasteiger charge is -2.12. The fraction of sp³-hybridized carbons (Fsp3) is 0.462. The number of benzene rings is 1. The summed E-state index contributed by atoms with van der Waals surface area (Å²) in [6.07, 6.45) is 0.931. The van der Waals surface area contributed by atoms with E-state index in [1.165, 1.54) is 0 Å². The lowest BCUT2D eigenvalue weighted by atomic mass is 10.2. The highest BCUT2D eigenvalue weighted by Gasteiger charge is 2.01. The van der Waals surface area contributed by atoms with Crippen molar-refractivity contribution in [3.63, 3.8) is 0 Å². The lowest BCUT2D eigenvalue weighted by molar-refractivity contribution is 0.196. The molecule has 0 saturated carbocycles. The van der Waals surface area contributed by atoms with Crippen LogP contribution in [0.4, 0.5) is 5.69 Å². The van der Waals surface area contributed by atoms with Gasteiger partial charge in [0.1, 0.15) is 5.75 Å². The number of methoxy groups -OCH3 is 2. The minimum atomic E-state index is 0.621. The van der Waals surface area contributed by atoms with Gasteiger partial charge in [0.2, 0.25) is 0 Å². The van der Waals surface area contributed by atoms with E-state index in [1.54, 1.807) is 14.2 Å². The molecule has 4 nitrogen and oxygen atoms in total. The van der Waals surface area contributed by atoms with Gasteiger partial charge in [0, 0.05) is 25.9 Å². The summed E-state index contributed by atoms with van der Waals surface area (Å²) in [7, 11) is 3.36. The smallest absolute Gasteiger partial charge is 0.170 e. The van der Waals surface area contributed by atoms with Gasteiger partial charge in [-0.05, 0) is 49.3 Å². The maximum absolute atomic E-state index is 5.21. The van der Waals surface area contributed by atoms with E-state index in [0.29, 0.717) is 5.11 Å². The van der Waals surface area contributed by atoms with Crippen LogP contribution in [0.3, 0.4) is 0 Å². The second kappa shape index (κ2) is 7.89. The summed E-state index contributed by atoms with van der Waals surface area (Å²) in [6, 6.07) is 5.86. The topological polar surface area (TPSA) is 42.5 Å². The fourth-order valence-electron chi connectivity index (χ4n) is 1.55. The second-order valence-electron chi connectivity index (χ2n) is 3.91. The number of hydrogen-bond acceptors (Lipinski definition) is 3. The van der Waals surface area contributed by atoms with Gasteiger partial charge in [-0.3, -0.25) is 0 Å². The molecule has 0 bridgehead atoms. The predicted octanol–water partition coefficient (Wildman–Crippen LogP) is 2.33. The highest BCUT2D eigenvalue weighted by Crippen LogP contribution is 2.21. The molecule has 0 unspecified atom stereocenters. The van der Waals surface area contributed by atoms with Crippen LogP contribution in [0.2, 0.25) is 0 Å². The lowest BCUT2D eigenvalue weighted by Crippen LogP contribution is -2.29. The van der Waals surface area contributed by atoms with Gasteiger partial charge in [0.05, 0.1) is 7.11 Å². The summed E-state index contributed by atoms with van der Waals surface area (Å²) in [6.45, 7) is 3.53. The molecule has 0 fully saturated rings. The minimum absolute atomic E-state index is 0.621. The van der Waals surface area contributed by atoms with Crippen LogP contribution >= 0.6 is 12.2 Å². The monoisotopic (exact) mass is 268 g/mol. The third-order valence-corrected chi connectivity index (χ3v) is 2.71. The Hall–Kier alpha value is -1.33. The molecule has 0 radical (unpaired) electrons. The zero-order valence-corrected chi connectivity index (χ0v) is 11.9. The van der Waals surface area contributed by atoms with Gasteiger partial charge >= 0.3 is 0 Å². The van der Waals surface area contributed by atoms with E-state index in [4.69, 9.17) is 21.7 Å². The number of anilines is 1. The van der Waals surface area contributed by atoms with Crippen LogP contribution in [0.25, 0.3) is 0 Å². The zero-order valence-electron chi connectivity index (χ0n) is 11.1. The molecule has 0 aliphatic rings. The normalized spacial score (nSPS) is 9.94. The Kier molecular flexibility index (Phi) is 6.46. The molecule has 100 valence electrons. The number of hydrogen-bond donors (Lipinski definition) is 2. The minimum Gasteiger partial charge on any atom is -0.496 e. The number of rotatable bonds is 6. The molecular formula is C13H20N2O2S. The SMILES string of the molecule is COCCCNC(=S)Nc1ccc(OC)c(C)c1. The average molecular weight is 268 g/mol. The second-order valence-corrected chi connectivity index (χ2v) is 4.32. The van der Waals surface area contributed by atoms with E-state index in [9.17, 15) is 0 Å². The zero-order chi connectivity index (χ0) is 13.4. The van der Waals surface area contributed by atoms with E-state index in [0.717, 1.165) is 36.6 Å². The molecule has 5 heteroatoms. The maximum Gasteiger partial charge on any atom is 0.170 e. The maximum atomic E-state index is 5.21. The Balaban J connectivity index is 2.42. The first-order valence-electron chi connectivity index (χ1n) is 5.86. The third-order valence-electron chi connectivity index (χ3n) is 2.46. The Morgan fingerprint density at radius 2 is 2.11 bits per heavy atom. The van der Waals surface area contributed by atoms with E-state index in [2.05, 4.69) is 10.6 Å². The number of thiocarbonyl (C=S) groups is 1. The summed E-state index contributed by atoms with van der Waals surface area (Å²) < 4.78 is 10.2. The first-order valence-corrected chi connectivity index (χ1v) is 6.26. The van der Waals surface area contributed by atoms with Crippen LogP contribution < -0.4 is 15.4 Å². The molecular weight excluding hydrogens is 248 g/mol. The van der Waals surface area contributed by atoms with Gasteiger partial charge < -0.3 is 20.1 Å². The Labute approximate surface area is 114 Å². The van der Waals surface area contributed by atoms with Crippen molar-refractivity contribution in [1.29, 1.82) is 0 Å². The van der Waals surface area contributed by atoms with Crippen molar-refractivity contribution >= 4 is 23.0 Å². The fourth-order valence-corrected chi connectivity index (χ4v) is 1.77. The van der Waals surface area contributed by atoms with Crippen LogP contribution in [0.1, 0.15) is 12.0 Å². The van der Waals surface area contributed by atoms with Gasteiger partial charge in [0.15, 0.2) is 5.11 Å². The van der Waals surface area contributed by atoms with Gasteiger partial charge in [-0.2, -0.15) is 0 Å². The number of nitrogens with one attached hydrogen (secondary N) is 2. The molecule has 0 aliphatic carbocycles. The quantitative estimate of drug-likeness (QED) is 0.612.